The van der Waals surface area contributed by atoms with Gasteiger partial charge in [-0.2, -0.15) is 0 Å². The highest BCUT2D eigenvalue weighted by Crippen LogP contribution is 2.20. The lowest BCUT2D eigenvalue weighted by atomic mass is 10.1. The van der Waals surface area contributed by atoms with Gasteiger partial charge in [0.05, 0.1) is 7.11 Å². The predicted octanol–water partition coefficient (Wildman–Crippen LogP) is 1.31. The molecule has 1 aromatic carbocycles. The van der Waals surface area contributed by atoms with Gasteiger partial charge in [-0.05, 0) is 17.7 Å². The number of oxazole rings is 1. The molecule has 0 aliphatic rings. The molecule has 0 aliphatic carbocycles. The maximum Gasteiger partial charge on any atom is 0.327 e. The van der Waals surface area contributed by atoms with Crippen molar-refractivity contribution in [1.82, 2.24) is 4.98 Å². The summed E-state index contributed by atoms with van der Waals surface area (Å²) in [6, 6.07) is 4.42. The molecule has 0 radical (unpaired) electrons. The molecule has 5 heteroatoms. The van der Waals surface area contributed by atoms with Gasteiger partial charge in [0.2, 0.25) is 0 Å². The predicted molar refractivity (Wildman–Crippen MR) is 57.7 cm³/mol. The van der Waals surface area contributed by atoms with E-state index in [-0.39, 0.29) is 0 Å². The average Bonchev–Trinajstić information content (AvgIpc) is 2.65. The van der Waals surface area contributed by atoms with E-state index >= 15 is 0 Å². The molecule has 1 atom stereocenters. The van der Waals surface area contributed by atoms with Gasteiger partial charge < -0.3 is 14.9 Å². The average molecular weight is 220 g/mol. The number of aryl methyl sites for hydroxylation is 1. The fourth-order valence-corrected chi connectivity index (χ4v) is 1.52. The molecule has 0 saturated heterocycles. The van der Waals surface area contributed by atoms with Crippen LogP contribution in [0.2, 0.25) is 0 Å². The molecule has 16 heavy (non-hydrogen) atoms. The van der Waals surface area contributed by atoms with Crippen LogP contribution < -0.4 is 5.73 Å². The summed E-state index contributed by atoms with van der Waals surface area (Å²) in [6.07, 6.45) is 0. The Morgan fingerprint density at radius 2 is 2.31 bits per heavy atom. The molecular weight excluding hydrogens is 208 g/mol. The van der Waals surface area contributed by atoms with Gasteiger partial charge in [0, 0.05) is 6.92 Å². The largest absolute Gasteiger partial charge is 0.468 e. The number of benzene rings is 1. The smallest absolute Gasteiger partial charge is 0.327 e. The van der Waals surface area contributed by atoms with Crippen LogP contribution in [0.5, 0.6) is 0 Å². The summed E-state index contributed by atoms with van der Waals surface area (Å²) in [4.78, 5) is 15.4. The lowest BCUT2D eigenvalue weighted by molar-refractivity contribution is -0.142. The van der Waals surface area contributed by atoms with E-state index in [1.165, 1.54) is 7.11 Å². The van der Waals surface area contributed by atoms with Crippen molar-refractivity contribution in [3.05, 3.63) is 29.7 Å². The van der Waals surface area contributed by atoms with Gasteiger partial charge in [0.1, 0.15) is 11.6 Å². The minimum atomic E-state index is -0.786. The highest BCUT2D eigenvalue weighted by molar-refractivity contribution is 5.80. The lowest BCUT2D eigenvalue weighted by Gasteiger charge is -2.08. The third kappa shape index (κ3) is 1.77. The Kier molecular flexibility index (Phi) is 2.62. The molecule has 0 spiro atoms. The standard InChI is InChI=1S/C11H12N2O3/c1-6-13-8-5-7(3-4-9(8)16-6)10(12)11(14)15-2/h3-5,10H,12H2,1-2H3. The second-order valence-electron chi connectivity index (χ2n) is 3.46. The number of carbonyl (C=O) groups is 1. The van der Waals surface area contributed by atoms with Gasteiger partial charge in [0.25, 0.3) is 0 Å². The third-order valence-electron chi connectivity index (χ3n) is 2.33. The first-order valence-electron chi connectivity index (χ1n) is 4.82. The van der Waals surface area contributed by atoms with Gasteiger partial charge in [-0.3, -0.25) is 4.79 Å². The molecular formula is C11H12N2O3. The van der Waals surface area contributed by atoms with Crippen LogP contribution in [0.25, 0.3) is 11.1 Å². The summed E-state index contributed by atoms with van der Waals surface area (Å²) in [6.45, 7) is 1.76. The lowest BCUT2D eigenvalue weighted by Crippen LogP contribution is -2.22. The van der Waals surface area contributed by atoms with Crippen molar-refractivity contribution < 1.29 is 13.9 Å². The number of esters is 1. The Morgan fingerprint density at radius 1 is 1.56 bits per heavy atom. The molecule has 1 aromatic heterocycles. The van der Waals surface area contributed by atoms with Crippen LogP contribution in [0.1, 0.15) is 17.5 Å². The zero-order valence-electron chi connectivity index (χ0n) is 9.06. The summed E-state index contributed by atoms with van der Waals surface area (Å²) >= 11 is 0. The number of nitrogens with two attached hydrogens (primary N) is 1. The Hall–Kier alpha value is -1.88. The van der Waals surface area contributed by atoms with E-state index in [1.54, 1.807) is 25.1 Å². The van der Waals surface area contributed by atoms with E-state index in [4.69, 9.17) is 10.2 Å². The minimum Gasteiger partial charge on any atom is -0.468 e. The van der Waals surface area contributed by atoms with E-state index in [1.807, 2.05) is 0 Å². The second-order valence-corrected chi connectivity index (χ2v) is 3.46. The molecule has 0 aliphatic heterocycles. The number of methoxy groups -OCH3 is 1. The van der Waals surface area contributed by atoms with Gasteiger partial charge in [-0.15, -0.1) is 0 Å². The number of ether oxygens (including phenoxy) is 1. The number of fused-ring (bicyclic) bond motifs is 1. The summed E-state index contributed by atoms with van der Waals surface area (Å²) in [7, 11) is 1.31. The van der Waals surface area contributed by atoms with Crippen LogP contribution in [-0.2, 0) is 9.53 Å². The SMILES string of the molecule is COC(=O)C(N)c1ccc2oc(C)nc2c1. The molecule has 2 aromatic rings. The van der Waals surface area contributed by atoms with Crippen molar-refractivity contribution in [2.45, 2.75) is 13.0 Å². The number of hydrogen-bond donors (Lipinski definition) is 1. The van der Waals surface area contributed by atoms with Crippen LogP contribution in [0, 0.1) is 6.92 Å². The molecule has 0 bridgehead atoms. The zero-order chi connectivity index (χ0) is 11.7. The quantitative estimate of drug-likeness (QED) is 0.772. The Balaban J connectivity index is 2.42. The minimum absolute atomic E-state index is 0.473. The van der Waals surface area contributed by atoms with E-state index < -0.39 is 12.0 Å². The van der Waals surface area contributed by atoms with Gasteiger partial charge in [-0.25, -0.2) is 4.98 Å². The Bertz CT molecular complexity index is 533. The molecule has 0 fully saturated rings. The molecule has 2 rings (SSSR count). The summed E-state index contributed by atoms with van der Waals surface area (Å²) in [5.74, 6) is 0.110. The molecule has 5 nitrogen and oxygen atoms in total. The van der Waals surface area contributed by atoms with E-state index in [0.29, 0.717) is 22.6 Å². The first-order chi connectivity index (χ1) is 7.61. The number of nitrogens with zero attached hydrogens (tertiary/aromatic N) is 1. The topological polar surface area (TPSA) is 78.4 Å². The number of hydrogen-bond acceptors (Lipinski definition) is 5. The van der Waals surface area contributed by atoms with Crippen LogP contribution in [0.3, 0.4) is 0 Å². The first-order valence-corrected chi connectivity index (χ1v) is 4.82. The summed E-state index contributed by atoms with van der Waals surface area (Å²) in [5.41, 5.74) is 7.74. The van der Waals surface area contributed by atoms with Gasteiger partial charge >= 0.3 is 5.97 Å². The highest BCUT2D eigenvalue weighted by atomic mass is 16.5. The Labute approximate surface area is 92.2 Å². The molecule has 0 amide bonds. The van der Waals surface area contributed by atoms with E-state index in [2.05, 4.69) is 9.72 Å². The van der Waals surface area contributed by atoms with Gasteiger partial charge in [0.15, 0.2) is 11.5 Å². The molecule has 2 N–H and O–H groups in total. The van der Waals surface area contributed by atoms with Crippen molar-refractivity contribution >= 4 is 17.1 Å². The first kappa shape index (κ1) is 10.6. The third-order valence-corrected chi connectivity index (χ3v) is 2.33. The van der Waals surface area contributed by atoms with Crippen LogP contribution in [0.4, 0.5) is 0 Å². The van der Waals surface area contributed by atoms with Crippen molar-refractivity contribution in [2.75, 3.05) is 7.11 Å². The summed E-state index contributed by atoms with van der Waals surface area (Å²) < 4.78 is 9.90. The monoisotopic (exact) mass is 220 g/mol. The molecule has 0 saturated carbocycles. The Morgan fingerprint density at radius 3 is 3.00 bits per heavy atom. The van der Waals surface area contributed by atoms with Crippen molar-refractivity contribution in [3.8, 4) is 0 Å². The van der Waals surface area contributed by atoms with Crippen LogP contribution in [-0.4, -0.2) is 18.1 Å². The van der Waals surface area contributed by atoms with Crippen molar-refractivity contribution in [2.24, 2.45) is 5.73 Å². The summed E-state index contributed by atoms with van der Waals surface area (Å²) in [5, 5.41) is 0. The van der Waals surface area contributed by atoms with E-state index in [9.17, 15) is 4.79 Å². The molecule has 84 valence electrons. The van der Waals surface area contributed by atoms with Crippen molar-refractivity contribution in [1.29, 1.82) is 0 Å². The highest BCUT2D eigenvalue weighted by Gasteiger charge is 2.17. The maximum atomic E-state index is 11.3. The fraction of sp³-hybridized carbons (Fsp3) is 0.273. The van der Waals surface area contributed by atoms with Crippen LogP contribution >= 0.6 is 0 Å². The van der Waals surface area contributed by atoms with Crippen molar-refractivity contribution in [3.63, 3.8) is 0 Å². The fourth-order valence-electron chi connectivity index (χ4n) is 1.52. The second kappa shape index (κ2) is 3.94. The number of aromatic nitrogens is 1. The number of rotatable bonds is 2. The molecule has 1 unspecified atom stereocenters. The zero-order valence-corrected chi connectivity index (χ0v) is 9.06. The van der Waals surface area contributed by atoms with Gasteiger partial charge in [-0.1, -0.05) is 6.07 Å². The number of carbonyl (C=O) groups excluding carboxylic acids is 1. The normalized spacial score (nSPS) is 12.7. The van der Waals surface area contributed by atoms with E-state index in [0.717, 1.165) is 0 Å². The molecule has 1 heterocycles. The van der Waals surface area contributed by atoms with Crippen LogP contribution in [0.15, 0.2) is 22.6 Å². The maximum absolute atomic E-state index is 11.3.